The summed E-state index contributed by atoms with van der Waals surface area (Å²) in [6.07, 6.45) is 0.793. The average Bonchev–Trinajstić information content (AvgIpc) is 2.42. The van der Waals surface area contributed by atoms with E-state index in [0.29, 0.717) is 18.8 Å². The van der Waals surface area contributed by atoms with Crippen LogP contribution in [-0.4, -0.2) is 38.3 Å². The summed E-state index contributed by atoms with van der Waals surface area (Å²) in [6.45, 7) is 1.26. The molecule has 0 aliphatic heterocycles. The van der Waals surface area contributed by atoms with Gasteiger partial charge in [-0.25, -0.2) is 4.79 Å². The number of nitrogens with zero attached hydrogens (tertiary/aromatic N) is 1. The highest BCUT2D eigenvalue weighted by Gasteiger charge is 2.21. The molecule has 19 heavy (non-hydrogen) atoms. The Hall–Kier alpha value is -2.15. The molecule has 0 fully saturated rings. The van der Waals surface area contributed by atoms with E-state index in [4.69, 9.17) is 4.74 Å². The summed E-state index contributed by atoms with van der Waals surface area (Å²) in [5.74, 6) is -0.729. The van der Waals surface area contributed by atoms with Gasteiger partial charge in [-0.3, -0.25) is 10.1 Å². The third kappa shape index (κ3) is 4.22. The highest BCUT2D eigenvalue weighted by Crippen LogP contribution is 2.23. The van der Waals surface area contributed by atoms with E-state index >= 15 is 0 Å². The van der Waals surface area contributed by atoms with Crippen LogP contribution in [0.15, 0.2) is 18.2 Å². The van der Waals surface area contributed by atoms with Crippen LogP contribution in [-0.2, 0) is 9.47 Å². The van der Waals surface area contributed by atoms with E-state index in [1.807, 2.05) is 0 Å². The molecule has 0 spiro atoms. The van der Waals surface area contributed by atoms with Gasteiger partial charge in [-0.05, 0) is 18.6 Å². The predicted octanol–water partition coefficient (Wildman–Crippen LogP) is 1.83. The molecule has 0 bridgehead atoms. The zero-order valence-electron chi connectivity index (χ0n) is 10.8. The van der Waals surface area contributed by atoms with Gasteiger partial charge in [0.25, 0.3) is 5.69 Å². The first-order valence-electron chi connectivity index (χ1n) is 5.69. The van der Waals surface area contributed by atoms with Crippen LogP contribution in [0, 0.1) is 10.1 Å². The zero-order chi connectivity index (χ0) is 14.3. The first-order valence-corrected chi connectivity index (χ1v) is 5.69. The molecule has 0 amide bonds. The minimum Gasteiger partial charge on any atom is -0.465 e. The molecule has 1 rings (SSSR count). The number of benzene rings is 1. The van der Waals surface area contributed by atoms with Gasteiger partial charge in [0.05, 0.1) is 12.0 Å². The summed E-state index contributed by atoms with van der Waals surface area (Å²) < 4.78 is 9.44. The van der Waals surface area contributed by atoms with E-state index in [1.54, 1.807) is 13.2 Å². The molecule has 1 aromatic carbocycles. The number of ether oxygens (including phenoxy) is 2. The largest absolute Gasteiger partial charge is 0.465 e. The molecule has 0 radical (unpaired) electrons. The van der Waals surface area contributed by atoms with E-state index in [2.05, 4.69) is 10.1 Å². The summed E-state index contributed by atoms with van der Waals surface area (Å²) >= 11 is 0. The Bertz CT molecular complexity index is 461. The molecule has 0 aliphatic carbocycles. The van der Waals surface area contributed by atoms with Gasteiger partial charge in [0, 0.05) is 32.0 Å². The lowest BCUT2D eigenvalue weighted by molar-refractivity contribution is -0.385. The Kier molecular flexibility index (Phi) is 5.74. The quantitative estimate of drug-likeness (QED) is 0.351. The maximum Gasteiger partial charge on any atom is 0.344 e. The number of nitro benzene ring substituents is 1. The van der Waals surface area contributed by atoms with Crippen molar-refractivity contribution in [2.24, 2.45) is 0 Å². The van der Waals surface area contributed by atoms with Crippen LogP contribution in [0.1, 0.15) is 16.8 Å². The second-order valence-electron chi connectivity index (χ2n) is 3.75. The topological polar surface area (TPSA) is 90.7 Å². The molecule has 7 heteroatoms. The lowest BCUT2D eigenvalue weighted by Gasteiger charge is -2.08. The second-order valence-corrected chi connectivity index (χ2v) is 3.75. The molecule has 0 heterocycles. The number of carbonyl (C=O) groups is 1. The second kappa shape index (κ2) is 7.32. The Morgan fingerprint density at radius 3 is 2.74 bits per heavy atom. The number of methoxy groups -OCH3 is 2. The molecular weight excluding hydrogens is 252 g/mol. The summed E-state index contributed by atoms with van der Waals surface area (Å²) in [6, 6.07) is 4.25. The first kappa shape index (κ1) is 14.9. The van der Waals surface area contributed by atoms with Crippen LogP contribution in [0.25, 0.3) is 0 Å². The van der Waals surface area contributed by atoms with Crippen LogP contribution in [0.3, 0.4) is 0 Å². The van der Waals surface area contributed by atoms with Crippen LogP contribution in [0.4, 0.5) is 11.4 Å². The standard InChI is InChI=1S/C12H16N2O5/c1-18-7-3-6-13-9-4-5-11(14(16)17)10(8-9)12(15)19-2/h4-5,8,13H,3,6-7H2,1-2H3. The lowest BCUT2D eigenvalue weighted by Crippen LogP contribution is -2.09. The molecular formula is C12H16N2O5. The Balaban J connectivity index is 2.86. The Labute approximate surface area is 110 Å². The fourth-order valence-electron chi connectivity index (χ4n) is 1.53. The van der Waals surface area contributed by atoms with Gasteiger partial charge in [0.15, 0.2) is 0 Å². The van der Waals surface area contributed by atoms with Crippen molar-refractivity contribution in [3.8, 4) is 0 Å². The number of anilines is 1. The average molecular weight is 268 g/mol. The number of nitrogens with one attached hydrogen (secondary N) is 1. The molecule has 1 N–H and O–H groups in total. The smallest absolute Gasteiger partial charge is 0.344 e. The van der Waals surface area contributed by atoms with Crippen molar-refractivity contribution >= 4 is 17.3 Å². The third-order valence-corrected chi connectivity index (χ3v) is 2.45. The van der Waals surface area contributed by atoms with Crippen molar-refractivity contribution in [2.45, 2.75) is 6.42 Å². The molecule has 1 aromatic rings. The number of nitro groups is 1. The van der Waals surface area contributed by atoms with Crippen molar-refractivity contribution < 1.29 is 19.2 Å². The number of carbonyl (C=O) groups excluding carboxylic acids is 1. The van der Waals surface area contributed by atoms with E-state index in [-0.39, 0.29) is 11.3 Å². The summed E-state index contributed by atoms with van der Waals surface area (Å²) in [7, 11) is 2.80. The Morgan fingerprint density at radius 2 is 2.16 bits per heavy atom. The summed E-state index contributed by atoms with van der Waals surface area (Å²) in [5, 5.41) is 13.9. The van der Waals surface area contributed by atoms with E-state index < -0.39 is 10.9 Å². The van der Waals surface area contributed by atoms with Gasteiger partial charge in [-0.15, -0.1) is 0 Å². The number of hydrogen-bond donors (Lipinski definition) is 1. The summed E-state index contributed by atoms with van der Waals surface area (Å²) in [4.78, 5) is 21.7. The lowest BCUT2D eigenvalue weighted by atomic mass is 10.1. The minimum absolute atomic E-state index is 0.0655. The zero-order valence-corrected chi connectivity index (χ0v) is 10.8. The van der Waals surface area contributed by atoms with E-state index in [1.165, 1.54) is 19.2 Å². The maximum atomic E-state index is 11.5. The predicted molar refractivity (Wildman–Crippen MR) is 69.4 cm³/mol. The van der Waals surface area contributed by atoms with Gasteiger partial charge < -0.3 is 14.8 Å². The molecule has 104 valence electrons. The van der Waals surface area contributed by atoms with Gasteiger partial charge in [-0.1, -0.05) is 0 Å². The van der Waals surface area contributed by atoms with Gasteiger partial charge in [-0.2, -0.15) is 0 Å². The fourth-order valence-corrected chi connectivity index (χ4v) is 1.53. The maximum absolute atomic E-state index is 11.5. The highest BCUT2D eigenvalue weighted by atomic mass is 16.6. The van der Waals surface area contributed by atoms with E-state index in [0.717, 1.165) is 6.42 Å². The molecule has 0 aromatic heterocycles. The van der Waals surface area contributed by atoms with Crippen molar-refractivity contribution in [3.63, 3.8) is 0 Å². The van der Waals surface area contributed by atoms with Crippen molar-refractivity contribution in [2.75, 3.05) is 32.7 Å². The molecule has 0 saturated carbocycles. The molecule has 0 unspecified atom stereocenters. The summed E-state index contributed by atoms with van der Waals surface area (Å²) in [5.41, 5.74) is 0.292. The molecule has 0 aliphatic rings. The third-order valence-electron chi connectivity index (χ3n) is 2.45. The van der Waals surface area contributed by atoms with Crippen LogP contribution in [0.2, 0.25) is 0 Å². The van der Waals surface area contributed by atoms with Crippen molar-refractivity contribution in [1.82, 2.24) is 0 Å². The normalized spacial score (nSPS) is 10.0. The Morgan fingerprint density at radius 1 is 1.42 bits per heavy atom. The molecule has 0 atom stereocenters. The van der Waals surface area contributed by atoms with Gasteiger partial charge >= 0.3 is 5.97 Å². The monoisotopic (exact) mass is 268 g/mol. The van der Waals surface area contributed by atoms with Crippen LogP contribution < -0.4 is 5.32 Å². The van der Waals surface area contributed by atoms with Crippen molar-refractivity contribution in [1.29, 1.82) is 0 Å². The minimum atomic E-state index is -0.729. The number of rotatable bonds is 7. The van der Waals surface area contributed by atoms with Crippen LogP contribution >= 0.6 is 0 Å². The molecule has 7 nitrogen and oxygen atoms in total. The van der Waals surface area contributed by atoms with Gasteiger partial charge in [0.1, 0.15) is 5.56 Å². The van der Waals surface area contributed by atoms with Gasteiger partial charge in [0.2, 0.25) is 0 Å². The van der Waals surface area contributed by atoms with E-state index in [9.17, 15) is 14.9 Å². The SMILES string of the molecule is COCCCNc1ccc([N+](=O)[O-])c(C(=O)OC)c1. The van der Waals surface area contributed by atoms with Crippen molar-refractivity contribution in [3.05, 3.63) is 33.9 Å². The highest BCUT2D eigenvalue weighted by molar-refractivity contribution is 5.95. The fraction of sp³-hybridized carbons (Fsp3) is 0.417. The number of esters is 1. The number of hydrogen-bond acceptors (Lipinski definition) is 6. The molecule has 0 saturated heterocycles. The first-order chi connectivity index (χ1) is 9.10. The van der Waals surface area contributed by atoms with Crippen LogP contribution in [0.5, 0.6) is 0 Å².